The molecule has 0 aromatic carbocycles. The molecule has 0 amide bonds. The molecule has 0 aromatic rings. The first-order valence-corrected chi connectivity index (χ1v) is 0. The third-order valence-electron chi connectivity index (χ3n) is 0. The van der Waals surface area contributed by atoms with Crippen molar-refractivity contribution in [3.05, 3.63) is 0 Å². The average Bonchev–Trinajstić information content (AvgIpc) is 0. The predicted octanol–water partition coefficient (Wildman–Crippen LogP) is -1.40. The van der Waals surface area contributed by atoms with Gasteiger partial charge in [-0.05, 0) is 0 Å². The van der Waals surface area contributed by atoms with Gasteiger partial charge in [-0.3, -0.25) is 0 Å². The van der Waals surface area contributed by atoms with Crippen LogP contribution in [0.3, 0.4) is 0 Å². The molecule has 0 spiro atoms. The second-order valence-corrected chi connectivity index (χ2v) is 0. The van der Waals surface area contributed by atoms with Gasteiger partial charge < -0.3 is 0 Å². The summed E-state index contributed by atoms with van der Waals surface area (Å²) in [7, 11) is 0. The van der Waals surface area contributed by atoms with E-state index in [1.165, 1.54) is 0 Å². The van der Waals surface area contributed by atoms with Crippen molar-refractivity contribution in [3.8, 4) is 0 Å². The summed E-state index contributed by atoms with van der Waals surface area (Å²) in [5.41, 5.74) is 0. The van der Waals surface area contributed by atoms with Gasteiger partial charge in [0.1, 0.15) is 0 Å². The van der Waals surface area contributed by atoms with Gasteiger partial charge in [0.15, 0.2) is 0 Å². The Morgan fingerprint density at radius 2 is 0.750 bits per heavy atom. The topological polar surface area (TPSA) is 0 Å². The summed E-state index contributed by atoms with van der Waals surface area (Å²) in [6.45, 7) is 0. The van der Waals surface area contributed by atoms with Crippen LogP contribution in [-0.4, -0.2) is 17.6 Å². The Kier molecular flexibility index (Phi) is 162. The van der Waals surface area contributed by atoms with E-state index in [2.05, 4.69) is 0 Å². The Morgan fingerprint density at radius 3 is 0.750 bits per heavy atom. The van der Waals surface area contributed by atoms with E-state index in [1.54, 1.807) is 0 Å². The molecule has 4 heteroatoms. The smallest absolute Gasteiger partial charge is 0 e. The van der Waals surface area contributed by atoms with E-state index in [0.717, 1.165) is 0 Å². The molecule has 0 aliphatic rings. The summed E-state index contributed by atoms with van der Waals surface area (Å²) in [6, 6.07) is 0. The fourth-order valence-electron chi connectivity index (χ4n) is 0. The van der Waals surface area contributed by atoms with Crippen molar-refractivity contribution >= 4 is 27.5 Å². The Labute approximate surface area is 66.0 Å². The summed E-state index contributed by atoms with van der Waals surface area (Å²) in [5.74, 6) is 0. The third-order valence-corrected chi connectivity index (χ3v) is 0. The molecule has 0 bridgehead atoms. The van der Waals surface area contributed by atoms with Gasteiger partial charge in [0.05, 0.1) is 0 Å². The van der Waals surface area contributed by atoms with E-state index in [4.69, 9.17) is 0 Å². The van der Waals surface area contributed by atoms with Crippen LogP contribution in [0, 0.1) is 0 Å². The maximum Gasteiger partial charge on any atom is 0 e. The maximum absolute atomic E-state index is 0. The number of rotatable bonds is 0. The minimum atomic E-state index is 0. The van der Waals surface area contributed by atoms with Gasteiger partial charge in [-0.2, -0.15) is 9.90 Å². The van der Waals surface area contributed by atoms with Crippen LogP contribution in [-0.2, 0) is 39.0 Å². The van der Waals surface area contributed by atoms with Gasteiger partial charge in [-0.25, -0.2) is 0 Å². The van der Waals surface area contributed by atoms with Crippen LogP contribution in [0.4, 0.5) is 0 Å². The van der Waals surface area contributed by atoms with Gasteiger partial charge in [0, 0.05) is 39.0 Å². The Balaban J connectivity index is 0. The van der Waals surface area contributed by atoms with Crippen LogP contribution in [0.25, 0.3) is 0 Å². The largest absolute Gasteiger partial charge is 0 e. The van der Waals surface area contributed by atoms with E-state index in [9.17, 15) is 0 Å². The van der Waals surface area contributed by atoms with E-state index >= 15 is 0 Å². The molecule has 0 aliphatic heterocycles. The molecule has 1 unspecified atom stereocenters. The van der Waals surface area contributed by atoms with Gasteiger partial charge in [-0.15, -0.1) is 0 Å². The first kappa shape index (κ1) is 34.4. The molecule has 4 heavy (non-hydrogen) atoms. The standard InChI is InChI=1S/GeH4.H3P.2Zn/h1H4;1H3;;. The van der Waals surface area contributed by atoms with Crippen LogP contribution >= 0.6 is 9.90 Å². The second kappa shape index (κ2) is 18.9. The van der Waals surface area contributed by atoms with Crippen molar-refractivity contribution in [2.75, 3.05) is 0 Å². The zero-order valence-corrected chi connectivity index (χ0v) is 9.47. The quantitative estimate of drug-likeness (QED) is 0.362. The molecule has 20 valence electrons. The van der Waals surface area contributed by atoms with Crippen LogP contribution in [0.15, 0.2) is 0 Å². The van der Waals surface area contributed by atoms with Crippen molar-refractivity contribution < 1.29 is 39.0 Å². The first-order chi connectivity index (χ1) is 0. The van der Waals surface area contributed by atoms with E-state index in [-0.39, 0.29) is 66.5 Å². The summed E-state index contributed by atoms with van der Waals surface area (Å²) < 4.78 is 0. The molecule has 0 aromatic heterocycles. The fourth-order valence-corrected chi connectivity index (χ4v) is 0. The molecule has 0 saturated heterocycles. The van der Waals surface area contributed by atoms with Crippen molar-refractivity contribution in [2.45, 2.75) is 0 Å². The first-order valence-electron chi connectivity index (χ1n) is 0. The fraction of sp³-hybridized carbons (Fsp3) is 0. The zero-order valence-electron chi connectivity index (χ0n) is 2.12. The Morgan fingerprint density at radius 1 is 0.750 bits per heavy atom. The molecule has 0 radical (unpaired) electrons. The SMILES string of the molecule is P.[GeH4].[Zn].[Zn]. The minimum Gasteiger partial charge on any atom is 0 e. The molecule has 0 heterocycles. The van der Waals surface area contributed by atoms with Crippen LogP contribution in [0.2, 0.25) is 0 Å². The van der Waals surface area contributed by atoms with Crippen LogP contribution in [0.5, 0.6) is 0 Å². The zero-order chi connectivity index (χ0) is 0. The summed E-state index contributed by atoms with van der Waals surface area (Å²) >= 11 is 0. The summed E-state index contributed by atoms with van der Waals surface area (Å²) in [6.07, 6.45) is 0. The third kappa shape index (κ3) is 8.88. The molecular formula is H7GePZn2. The van der Waals surface area contributed by atoms with E-state index < -0.39 is 0 Å². The molecule has 1 atom stereocenters. The van der Waals surface area contributed by atoms with Crippen molar-refractivity contribution in [1.82, 2.24) is 0 Å². The van der Waals surface area contributed by atoms with E-state index in [0.29, 0.717) is 0 Å². The molecule has 0 saturated carbocycles. The average molecular weight is 241 g/mol. The van der Waals surface area contributed by atoms with Crippen LogP contribution in [0.1, 0.15) is 0 Å². The number of hydrogen-bond acceptors (Lipinski definition) is 0. The van der Waals surface area contributed by atoms with Gasteiger partial charge in [-0.1, -0.05) is 0 Å². The molecule has 0 N–H and O–H groups in total. The molecule has 0 rings (SSSR count). The second-order valence-electron chi connectivity index (χ2n) is 0. The summed E-state index contributed by atoms with van der Waals surface area (Å²) in [4.78, 5) is 0. The van der Waals surface area contributed by atoms with Crippen molar-refractivity contribution in [3.63, 3.8) is 0 Å². The number of hydrogen-bond donors (Lipinski definition) is 0. The predicted molar refractivity (Wildman–Crippen MR) is 22.4 cm³/mol. The monoisotopic (exact) mass is 240 g/mol. The van der Waals surface area contributed by atoms with E-state index in [1.807, 2.05) is 0 Å². The normalized spacial score (nSPS) is 0. The van der Waals surface area contributed by atoms with Gasteiger partial charge in [0.25, 0.3) is 0 Å². The van der Waals surface area contributed by atoms with Gasteiger partial charge in [0.2, 0.25) is 0 Å². The van der Waals surface area contributed by atoms with Crippen molar-refractivity contribution in [2.24, 2.45) is 0 Å². The minimum absolute atomic E-state index is 0. The van der Waals surface area contributed by atoms with Crippen molar-refractivity contribution in [1.29, 1.82) is 0 Å². The maximum atomic E-state index is 0. The Bertz CT molecular complexity index is 6.00. The molecule has 0 aliphatic carbocycles. The molecule has 0 nitrogen and oxygen atoms in total. The van der Waals surface area contributed by atoms with Crippen LogP contribution < -0.4 is 0 Å². The molecule has 0 fully saturated rings. The van der Waals surface area contributed by atoms with Gasteiger partial charge >= 0.3 is 17.6 Å². The Hall–Kier alpha value is 2.22. The molecular weight excluding hydrogens is 234 g/mol. The summed E-state index contributed by atoms with van der Waals surface area (Å²) in [5, 5.41) is 0.